The van der Waals surface area contributed by atoms with Crippen LogP contribution in [0.4, 0.5) is 0 Å². The first-order chi connectivity index (χ1) is 14.5. The van der Waals surface area contributed by atoms with Crippen molar-refractivity contribution >= 4 is 0 Å². The molecule has 2 fully saturated rings. The summed E-state index contributed by atoms with van der Waals surface area (Å²) in [5, 5.41) is 10.0. The van der Waals surface area contributed by atoms with Crippen molar-refractivity contribution in [3.05, 3.63) is 53.6 Å². The molecule has 0 spiro atoms. The fraction of sp³-hybridized carbons (Fsp3) is 0.630. The highest BCUT2D eigenvalue weighted by atomic mass is 16.3. The van der Waals surface area contributed by atoms with Crippen molar-refractivity contribution in [2.45, 2.75) is 72.3 Å². The highest BCUT2D eigenvalue weighted by Crippen LogP contribution is 2.43. The summed E-state index contributed by atoms with van der Waals surface area (Å²) in [7, 11) is 0. The molecule has 30 heavy (non-hydrogen) atoms. The standard InChI is InChI=1S/C25H38N2O.C2H6/c1-5-7-10-21(9-6-2)18-26-13-14-27-17-20(3)25(4,16-23(27)19-26)22-11-8-12-24(28)15-22;1-2/h5,7-9,11-12,15,20,23,28H,6,10,13-14,16-19H2,1-4H3;1-2H3/b7-5-,21-9+;/t20?,23?,25-;/m1./s1. The molecule has 1 N–H and O–H groups in total. The molecule has 168 valence electrons. The highest BCUT2D eigenvalue weighted by Gasteiger charge is 2.44. The van der Waals surface area contributed by atoms with Gasteiger partial charge in [0.25, 0.3) is 0 Å². The van der Waals surface area contributed by atoms with Crippen molar-refractivity contribution in [3.8, 4) is 5.75 Å². The fourth-order valence-corrected chi connectivity index (χ4v) is 5.10. The third kappa shape index (κ3) is 5.98. The molecule has 0 aromatic heterocycles. The number of hydrogen-bond acceptors (Lipinski definition) is 3. The van der Waals surface area contributed by atoms with Crippen LogP contribution >= 0.6 is 0 Å². The van der Waals surface area contributed by atoms with E-state index in [2.05, 4.69) is 61.8 Å². The van der Waals surface area contributed by atoms with Crippen molar-refractivity contribution < 1.29 is 5.11 Å². The molecule has 3 atom stereocenters. The van der Waals surface area contributed by atoms with Crippen LogP contribution in [0.5, 0.6) is 5.75 Å². The lowest BCUT2D eigenvalue weighted by atomic mass is 9.65. The molecule has 3 rings (SSSR count). The second kappa shape index (κ2) is 11.7. The Morgan fingerprint density at radius 2 is 2.00 bits per heavy atom. The summed E-state index contributed by atoms with van der Waals surface area (Å²) >= 11 is 0. The average molecular weight is 413 g/mol. The number of phenolic OH excluding ortho intramolecular Hbond substituents is 1. The van der Waals surface area contributed by atoms with Gasteiger partial charge in [0, 0.05) is 38.8 Å². The van der Waals surface area contributed by atoms with Crippen LogP contribution < -0.4 is 0 Å². The number of rotatable bonds is 6. The third-order valence-corrected chi connectivity index (χ3v) is 6.99. The van der Waals surface area contributed by atoms with Gasteiger partial charge in [-0.2, -0.15) is 0 Å². The van der Waals surface area contributed by atoms with Crippen LogP contribution in [0.3, 0.4) is 0 Å². The first-order valence-corrected chi connectivity index (χ1v) is 12.0. The van der Waals surface area contributed by atoms with Crippen molar-refractivity contribution in [2.75, 3.05) is 32.7 Å². The lowest BCUT2D eigenvalue weighted by molar-refractivity contribution is -0.000591. The molecule has 0 aliphatic carbocycles. The van der Waals surface area contributed by atoms with Gasteiger partial charge in [0.2, 0.25) is 0 Å². The Balaban J connectivity index is 0.00000155. The molecule has 2 aliphatic heterocycles. The summed E-state index contributed by atoms with van der Waals surface area (Å²) in [4.78, 5) is 5.37. The molecule has 0 radical (unpaired) electrons. The van der Waals surface area contributed by atoms with Crippen molar-refractivity contribution in [2.24, 2.45) is 5.92 Å². The SMILES string of the molecule is C/C=C\C/C(=C\CC)CN1CCN2CC(C)[C@](C)(c3cccc(O)c3)CC2C1.CC. The van der Waals surface area contributed by atoms with E-state index in [1.165, 1.54) is 18.7 Å². The Hall–Kier alpha value is -1.58. The number of piperidine rings is 1. The summed E-state index contributed by atoms with van der Waals surface area (Å²) in [5.41, 5.74) is 2.96. The van der Waals surface area contributed by atoms with Gasteiger partial charge in [-0.05, 0) is 55.2 Å². The zero-order valence-corrected chi connectivity index (χ0v) is 20.2. The molecule has 1 aromatic rings. The lowest BCUT2D eigenvalue weighted by Gasteiger charge is -2.53. The third-order valence-electron chi connectivity index (χ3n) is 6.99. The summed E-state index contributed by atoms with van der Waals surface area (Å²) in [6.45, 7) is 18.9. The second-order valence-electron chi connectivity index (χ2n) is 9.00. The molecule has 0 amide bonds. The molecule has 2 saturated heterocycles. The van der Waals surface area contributed by atoms with Gasteiger partial charge in [-0.25, -0.2) is 0 Å². The van der Waals surface area contributed by atoms with Crippen molar-refractivity contribution in [3.63, 3.8) is 0 Å². The van der Waals surface area contributed by atoms with Gasteiger partial charge < -0.3 is 5.11 Å². The van der Waals surface area contributed by atoms with Gasteiger partial charge in [0.1, 0.15) is 5.75 Å². The van der Waals surface area contributed by atoms with Gasteiger partial charge in [0.15, 0.2) is 0 Å². The average Bonchev–Trinajstić information content (AvgIpc) is 2.74. The molecule has 0 bridgehead atoms. The molecule has 2 unspecified atom stereocenters. The quantitative estimate of drug-likeness (QED) is 0.580. The number of phenols is 1. The minimum absolute atomic E-state index is 0.121. The molecule has 3 nitrogen and oxygen atoms in total. The zero-order valence-electron chi connectivity index (χ0n) is 20.2. The number of piperazine rings is 1. The topological polar surface area (TPSA) is 26.7 Å². The highest BCUT2D eigenvalue weighted by molar-refractivity contribution is 5.34. The van der Waals surface area contributed by atoms with Gasteiger partial charge in [0.05, 0.1) is 0 Å². The zero-order chi connectivity index (χ0) is 22.1. The van der Waals surface area contributed by atoms with Gasteiger partial charge in [-0.3, -0.25) is 9.80 Å². The van der Waals surface area contributed by atoms with E-state index in [1.807, 2.05) is 26.0 Å². The van der Waals surface area contributed by atoms with E-state index < -0.39 is 0 Å². The Labute approximate surface area is 185 Å². The second-order valence-corrected chi connectivity index (χ2v) is 9.00. The number of benzene rings is 1. The lowest BCUT2D eigenvalue weighted by Crippen LogP contribution is -2.61. The Morgan fingerprint density at radius 1 is 1.23 bits per heavy atom. The van der Waals surface area contributed by atoms with Crippen LogP contribution in [-0.4, -0.2) is 53.7 Å². The minimum Gasteiger partial charge on any atom is -0.508 e. The molecule has 3 heteroatoms. The molecule has 0 saturated carbocycles. The van der Waals surface area contributed by atoms with E-state index in [4.69, 9.17) is 0 Å². The van der Waals surface area contributed by atoms with Gasteiger partial charge >= 0.3 is 0 Å². The largest absolute Gasteiger partial charge is 0.508 e. The number of hydrogen-bond donors (Lipinski definition) is 1. The van der Waals surface area contributed by atoms with Crippen LogP contribution in [0.25, 0.3) is 0 Å². The van der Waals surface area contributed by atoms with E-state index in [0.29, 0.717) is 17.7 Å². The monoisotopic (exact) mass is 412 g/mol. The Morgan fingerprint density at radius 3 is 2.67 bits per heavy atom. The van der Waals surface area contributed by atoms with E-state index in [9.17, 15) is 5.11 Å². The normalized spacial score (nSPS) is 28.1. The van der Waals surface area contributed by atoms with E-state index in [0.717, 1.165) is 38.9 Å². The molecule has 2 heterocycles. The predicted molar refractivity (Wildman–Crippen MR) is 130 cm³/mol. The summed E-state index contributed by atoms with van der Waals surface area (Å²) in [6.07, 6.45) is 10.2. The maximum absolute atomic E-state index is 10.0. The fourth-order valence-electron chi connectivity index (χ4n) is 5.10. The van der Waals surface area contributed by atoms with E-state index in [1.54, 1.807) is 11.6 Å². The van der Waals surface area contributed by atoms with Crippen molar-refractivity contribution in [1.82, 2.24) is 9.80 Å². The van der Waals surface area contributed by atoms with Crippen LogP contribution in [0, 0.1) is 5.92 Å². The molecule has 1 aromatic carbocycles. The first kappa shape index (κ1) is 24.7. The van der Waals surface area contributed by atoms with Crippen LogP contribution in [0.2, 0.25) is 0 Å². The summed E-state index contributed by atoms with van der Waals surface area (Å²) in [5.74, 6) is 0.972. The number of allylic oxidation sites excluding steroid dienone is 3. The molecular weight excluding hydrogens is 368 g/mol. The molecule has 2 aliphatic rings. The van der Waals surface area contributed by atoms with Gasteiger partial charge in [-0.15, -0.1) is 0 Å². The maximum atomic E-state index is 10.0. The van der Waals surface area contributed by atoms with Crippen LogP contribution in [-0.2, 0) is 5.41 Å². The van der Waals surface area contributed by atoms with Crippen LogP contribution in [0.15, 0.2) is 48.1 Å². The Kier molecular flexibility index (Phi) is 9.64. The number of nitrogens with zero attached hydrogens (tertiary/aromatic N) is 2. The van der Waals surface area contributed by atoms with Crippen LogP contribution in [0.1, 0.15) is 66.4 Å². The smallest absolute Gasteiger partial charge is 0.115 e. The Bertz CT molecular complexity index is 711. The van der Waals surface area contributed by atoms with Crippen molar-refractivity contribution in [1.29, 1.82) is 0 Å². The van der Waals surface area contributed by atoms with Gasteiger partial charge in [-0.1, -0.05) is 70.6 Å². The number of fused-ring (bicyclic) bond motifs is 1. The first-order valence-electron chi connectivity index (χ1n) is 12.0. The number of aromatic hydroxyl groups is 1. The predicted octanol–water partition coefficient (Wildman–Crippen LogP) is 6.00. The minimum atomic E-state index is 0.121. The van der Waals surface area contributed by atoms with E-state index >= 15 is 0 Å². The summed E-state index contributed by atoms with van der Waals surface area (Å²) < 4.78 is 0. The molecular formula is C27H44N2O. The maximum Gasteiger partial charge on any atom is 0.115 e. The summed E-state index contributed by atoms with van der Waals surface area (Å²) in [6, 6.07) is 8.55. The van der Waals surface area contributed by atoms with E-state index in [-0.39, 0.29) is 5.41 Å².